The third-order valence-electron chi connectivity index (χ3n) is 2.40. The van der Waals surface area contributed by atoms with Crippen LogP contribution in [0.3, 0.4) is 0 Å². The molecule has 0 bridgehead atoms. The average Bonchev–Trinajstić information content (AvgIpc) is 2.05. The van der Waals surface area contributed by atoms with Crippen LogP contribution in [0.5, 0.6) is 0 Å². The van der Waals surface area contributed by atoms with Crippen LogP contribution in [-0.2, 0) is 32.7 Å². The molecule has 2 rings (SSSR count). The van der Waals surface area contributed by atoms with Gasteiger partial charge in [0.1, 0.15) is 0 Å². The molecule has 0 N–H and O–H groups in total. The van der Waals surface area contributed by atoms with Crippen molar-refractivity contribution in [2.24, 2.45) is 0 Å². The number of allylic oxidation sites excluding steroid dienone is 4. The van der Waals surface area contributed by atoms with Crippen molar-refractivity contribution < 1.29 is 32.7 Å². The quantitative estimate of drug-likeness (QED) is 0.552. The van der Waals surface area contributed by atoms with Gasteiger partial charge < -0.3 is 6.42 Å². The first kappa shape index (κ1) is 9.67. The molecule has 0 saturated carbocycles. The fourth-order valence-electron chi connectivity index (χ4n) is 1.79. The maximum absolute atomic E-state index is 2.40. The van der Waals surface area contributed by atoms with E-state index in [1.165, 1.54) is 32.1 Å². The van der Waals surface area contributed by atoms with Crippen LogP contribution in [0.4, 0.5) is 0 Å². The van der Waals surface area contributed by atoms with Crippen LogP contribution < -0.4 is 0 Å². The van der Waals surface area contributed by atoms with Gasteiger partial charge in [-0.25, -0.2) is 0 Å². The topological polar surface area (TPSA) is 0 Å². The number of hydrogen-bond acceptors (Lipinski definition) is 0. The van der Waals surface area contributed by atoms with Crippen LogP contribution >= 0.6 is 0 Å². The molecule has 0 fully saturated rings. The molecule has 0 nitrogen and oxygen atoms in total. The minimum absolute atomic E-state index is 0. The summed E-state index contributed by atoms with van der Waals surface area (Å²) in [5.74, 6) is 0. The van der Waals surface area contributed by atoms with Gasteiger partial charge in [0.2, 0.25) is 0 Å². The summed E-state index contributed by atoms with van der Waals surface area (Å²) in [7, 11) is 0. The van der Waals surface area contributed by atoms with Gasteiger partial charge in [0.25, 0.3) is 0 Å². The Labute approximate surface area is 94.0 Å². The van der Waals surface area contributed by atoms with Crippen LogP contribution in [-0.4, -0.2) is 0 Å². The van der Waals surface area contributed by atoms with Crippen LogP contribution in [0.2, 0.25) is 0 Å². The van der Waals surface area contributed by atoms with Crippen molar-refractivity contribution in [2.45, 2.75) is 32.1 Å². The zero-order valence-corrected chi connectivity index (χ0v) is 9.68. The smallest absolute Gasteiger partial charge is 0 e. The maximum Gasteiger partial charge on any atom is 0 e. The SMILES string of the molecule is C1=CC2=C(CC1)CC[CH-]C2.[Y]. The third kappa shape index (κ3) is 2.26. The van der Waals surface area contributed by atoms with E-state index in [0.29, 0.717) is 0 Å². The van der Waals surface area contributed by atoms with Gasteiger partial charge in [0.05, 0.1) is 0 Å². The first-order valence-corrected chi connectivity index (χ1v) is 4.16. The third-order valence-corrected chi connectivity index (χ3v) is 2.40. The normalized spacial score (nSPS) is 22.5. The van der Waals surface area contributed by atoms with E-state index in [-0.39, 0.29) is 32.7 Å². The van der Waals surface area contributed by atoms with Gasteiger partial charge >= 0.3 is 0 Å². The zero-order valence-electron chi connectivity index (χ0n) is 6.84. The summed E-state index contributed by atoms with van der Waals surface area (Å²) in [4.78, 5) is 0. The van der Waals surface area contributed by atoms with E-state index in [0.717, 1.165) is 0 Å². The van der Waals surface area contributed by atoms with Crippen molar-refractivity contribution in [3.63, 3.8) is 0 Å². The second-order valence-electron chi connectivity index (χ2n) is 3.10. The molecule has 0 aliphatic heterocycles. The van der Waals surface area contributed by atoms with Crippen molar-refractivity contribution in [3.05, 3.63) is 29.7 Å². The molecule has 2 aliphatic carbocycles. The Balaban J connectivity index is 0.000000605. The van der Waals surface area contributed by atoms with Crippen LogP contribution in [0, 0.1) is 6.42 Å². The van der Waals surface area contributed by atoms with Crippen LogP contribution in [0.25, 0.3) is 0 Å². The molecule has 0 aromatic heterocycles. The average molecular weight is 222 g/mol. The second kappa shape index (κ2) is 4.57. The minimum Gasteiger partial charge on any atom is -0.324 e. The first-order chi connectivity index (χ1) is 4.97. The predicted molar refractivity (Wildman–Crippen MR) is 43.6 cm³/mol. The van der Waals surface area contributed by atoms with E-state index in [2.05, 4.69) is 18.6 Å². The van der Waals surface area contributed by atoms with Gasteiger partial charge in [-0.05, 0) is 12.8 Å². The molecule has 0 amide bonds. The van der Waals surface area contributed by atoms with E-state index >= 15 is 0 Å². The summed E-state index contributed by atoms with van der Waals surface area (Å²) < 4.78 is 0. The van der Waals surface area contributed by atoms with Gasteiger partial charge in [-0.3, -0.25) is 0 Å². The Bertz CT molecular complexity index is 189. The molecule has 0 aromatic carbocycles. The molecule has 0 saturated heterocycles. The standard InChI is InChI=1S/C10H13.Y/c1-2-6-10-8-4-3-7-9(10)5-1;/h1,3,5H,2,4,6-8H2;/q-1;. The molecule has 0 unspecified atom stereocenters. The zero-order chi connectivity index (χ0) is 6.81. The second-order valence-corrected chi connectivity index (χ2v) is 3.10. The van der Waals surface area contributed by atoms with E-state index in [1.807, 2.05) is 0 Å². The molecule has 57 valence electrons. The summed E-state index contributed by atoms with van der Waals surface area (Å²) in [5, 5.41) is 0. The Hall–Kier alpha value is 0.584. The Morgan fingerprint density at radius 3 is 3.00 bits per heavy atom. The fraction of sp³-hybridized carbons (Fsp3) is 0.500. The van der Waals surface area contributed by atoms with Gasteiger partial charge in [-0.1, -0.05) is 29.7 Å². The van der Waals surface area contributed by atoms with Crippen molar-refractivity contribution >= 4 is 0 Å². The molecule has 0 aromatic rings. The maximum atomic E-state index is 2.40. The number of hydrogen-bond donors (Lipinski definition) is 0. The summed E-state index contributed by atoms with van der Waals surface area (Å²) >= 11 is 0. The Morgan fingerprint density at radius 2 is 2.18 bits per heavy atom. The van der Waals surface area contributed by atoms with E-state index < -0.39 is 0 Å². The Kier molecular flexibility index (Phi) is 4.02. The Morgan fingerprint density at radius 1 is 1.27 bits per heavy atom. The van der Waals surface area contributed by atoms with Crippen molar-refractivity contribution in [2.75, 3.05) is 0 Å². The van der Waals surface area contributed by atoms with E-state index in [9.17, 15) is 0 Å². The monoisotopic (exact) mass is 222 g/mol. The summed E-state index contributed by atoms with van der Waals surface area (Å²) in [6, 6.07) is 0. The molecule has 0 heterocycles. The van der Waals surface area contributed by atoms with Gasteiger partial charge in [0.15, 0.2) is 0 Å². The van der Waals surface area contributed by atoms with E-state index in [1.54, 1.807) is 11.1 Å². The minimum atomic E-state index is 0. The molecule has 0 spiro atoms. The van der Waals surface area contributed by atoms with E-state index in [4.69, 9.17) is 0 Å². The predicted octanol–water partition coefficient (Wildman–Crippen LogP) is 3.02. The summed E-state index contributed by atoms with van der Waals surface area (Å²) in [5.41, 5.74) is 3.34. The molecular formula is C10H13Y-. The van der Waals surface area contributed by atoms with Crippen molar-refractivity contribution in [3.8, 4) is 0 Å². The number of rotatable bonds is 0. The summed E-state index contributed by atoms with van der Waals surface area (Å²) in [6.45, 7) is 0. The molecule has 11 heavy (non-hydrogen) atoms. The molecule has 0 atom stereocenters. The largest absolute Gasteiger partial charge is 0.324 e. The van der Waals surface area contributed by atoms with Crippen LogP contribution in [0.1, 0.15) is 32.1 Å². The van der Waals surface area contributed by atoms with Crippen LogP contribution in [0.15, 0.2) is 23.3 Å². The fourth-order valence-corrected chi connectivity index (χ4v) is 1.79. The molecular weight excluding hydrogens is 209 g/mol. The van der Waals surface area contributed by atoms with Gasteiger partial charge in [-0.2, -0.15) is 12.8 Å². The molecule has 1 heteroatoms. The van der Waals surface area contributed by atoms with Gasteiger partial charge in [0, 0.05) is 32.7 Å². The molecule has 1 radical (unpaired) electrons. The summed E-state index contributed by atoms with van der Waals surface area (Å²) in [6.07, 6.45) is 13.5. The molecule has 2 aliphatic rings. The van der Waals surface area contributed by atoms with Crippen molar-refractivity contribution in [1.82, 2.24) is 0 Å². The first-order valence-electron chi connectivity index (χ1n) is 4.16. The van der Waals surface area contributed by atoms with Crippen molar-refractivity contribution in [1.29, 1.82) is 0 Å². The van der Waals surface area contributed by atoms with Gasteiger partial charge in [-0.15, -0.1) is 0 Å².